The molecule has 2 N–H and O–H groups in total. The van der Waals surface area contributed by atoms with E-state index in [0.29, 0.717) is 0 Å². The van der Waals surface area contributed by atoms with Crippen LogP contribution in [0.1, 0.15) is 38.8 Å². The van der Waals surface area contributed by atoms with Crippen molar-refractivity contribution in [2.45, 2.75) is 45.2 Å². The lowest BCUT2D eigenvalue weighted by molar-refractivity contribution is 0.482. The first kappa shape index (κ1) is 11.8. The Morgan fingerprint density at radius 1 is 1.53 bits per heavy atom. The van der Waals surface area contributed by atoms with Crippen LogP contribution in [0.3, 0.4) is 0 Å². The first-order valence-electron chi connectivity index (χ1n) is 5.28. The molecule has 1 aromatic heterocycles. The predicted octanol–water partition coefficient (Wildman–Crippen LogP) is 1.88. The Kier molecular flexibility index (Phi) is 3.93. The molecular weight excluding hydrogens is 186 g/mol. The van der Waals surface area contributed by atoms with Gasteiger partial charge in [-0.3, -0.25) is 0 Å². The Hall–Kier alpha value is -1.27. The fraction of sp³-hybridized carbons (Fsp3) is 0.583. The molecule has 1 rings (SSSR count). The van der Waals surface area contributed by atoms with Gasteiger partial charge in [0.05, 0.1) is 17.6 Å². The molecule has 0 atom stereocenters. The molecule has 0 aliphatic heterocycles. The van der Waals surface area contributed by atoms with Crippen LogP contribution in [0.4, 0.5) is 0 Å². The first-order chi connectivity index (χ1) is 7.05. The zero-order valence-corrected chi connectivity index (χ0v) is 9.53. The summed E-state index contributed by atoms with van der Waals surface area (Å²) in [6, 6.07) is 0. The van der Waals surface area contributed by atoms with E-state index in [1.54, 1.807) is 0 Å². The van der Waals surface area contributed by atoms with Gasteiger partial charge >= 0.3 is 0 Å². The first-order valence-corrected chi connectivity index (χ1v) is 5.28. The van der Waals surface area contributed by atoms with Crippen molar-refractivity contribution in [1.29, 1.82) is 0 Å². The lowest BCUT2D eigenvalue weighted by Crippen LogP contribution is -2.31. The normalized spacial score (nSPS) is 11.3. The highest BCUT2D eigenvalue weighted by atomic mass is 15.1. The smallest absolute Gasteiger partial charge is 0.0948 e. The summed E-state index contributed by atoms with van der Waals surface area (Å²) in [5.74, 6) is 2.64. The van der Waals surface area contributed by atoms with Gasteiger partial charge in [-0.25, -0.2) is 4.98 Å². The van der Waals surface area contributed by atoms with Crippen molar-refractivity contribution in [2.75, 3.05) is 0 Å². The number of nitrogens with two attached hydrogens (primary N) is 1. The fourth-order valence-corrected chi connectivity index (χ4v) is 1.54. The number of hydrogen-bond acceptors (Lipinski definition) is 2. The number of nitrogens with zero attached hydrogens (tertiary/aromatic N) is 2. The summed E-state index contributed by atoms with van der Waals surface area (Å²) in [4.78, 5) is 4.13. The van der Waals surface area contributed by atoms with Gasteiger partial charge in [0.2, 0.25) is 0 Å². The molecule has 0 unspecified atom stereocenters. The molecule has 0 amide bonds. The molecule has 0 bridgehead atoms. The minimum atomic E-state index is -0.331. The van der Waals surface area contributed by atoms with Crippen LogP contribution in [-0.4, -0.2) is 9.55 Å². The topological polar surface area (TPSA) is 43.8 Å². The van der Waals surface area contributed by atoms with Crippen LogP contribution in [-0.2, 0) is 12.1 Å². The van der Waals surface area contributed by atoms with Crippen molar-refractivity contribution in [1.82, 2.24) is 9.55 Å². The summed E-state index contributed by atoms with van der Waals surface area (Å²) in [7, 11) is 0. The van der Waals surface area contributed by atoms with E-state index in [2.05, 4.69) is 15.5 Å². The van der Waals surface area contributed by atoms with Crippen molar-refractivity contribution in [3.63, 3.8) is 0 Å². The lowest BCUT2D eigenvalue weighted by atomic mass is 10.0. The van der Waals surface area contributed by atoms with E-state index in [1.165, 1.54) is 0 Å². The molecule has 0 fully saturated rings. The standard InChI is InChI=1S/C12H19N3/c1-4-5-6-7-8-15-10-14-9-11(15)12(2,3)13/h1,9-10H,5-8,13H2,2-3H3. The van der Waals surface area contributed by atoms with Gasteiger partial charge in [0.15, 0.2) is 0 Å². The second-order valence-corrected chi connectivity index (χ2v) is 4.36. The van der Waals surface area contributed by atoms with Crippen LogP contribution in [0.15, 0.2) is 12.5 Å². The number of hydrogen-bond donors (Lipinski definition) is 1. The molecule has 0 spiro atoms. The molecule has 0 radical (unpaired) electrons. The van der Waals surface area contributed by atoms with Crippen LogP contribution in [0, 0.1) is 12.3 Å². The third-order valence-corrected chi connectivity index (χ3v) is 2.34. The Bertz CT molecular complexity index is 338. The molecule has 0 saturated carbocycles. The van der Waals surface area contributed by atoms with E-state index in [9.17, 15) is 0 Å². The largest absolute Gasteiger partial charge is 0.333 e. The minimum absolute atomic E-state index is 0.331. The summed E-state index contributed by atoms with van der Waals surface area (Å²) in [6.45, 7) is 4.92. The van der Waals surface area contributed by atoms with Crippen LogP contribution in [0.5, 0.6) is 0 Å². The number of unbranched alkanes of at least 4 members (excludes halogenated alkanes) is 2. The summed E-state index contributed by atoms with van der Waals surface area (Å²) < 4.78 is 2.11. The van der Waals surface area contributed by atoms with E-state index in [4.69, 9.17) is 12.2 Å². The van der Waals surface area contributed by atoms with E-state index in [-0.39, 0.29) is 5.54 Å². The Morgan fingerprint density at radius 2 is 2.27 bits per heavy atom. The molecule has 0 saturated heterocycles. The molecule has 0 aliphatic carbocycles. The highest BCUT2D eigenvalue weighted by Gasteiger charge is 2.18. The number of aryl methyl sites for hydroxylation is 1. The molecule has 0 aromatic carbocycles. The van der Waals surface area contributed by atoms with Crippen molar-refractivity contribution < 1.29 is 0 Å². The van der Waals surface area contributed by atoms with E-state index >= 15 is 0 Å². The van der Waals surface area contributed by atoms with Crippen LogP contribution in [0.25, 0.3) is 0 Å². The highest BCUT2D eigenvalue weighted by molar-refractivity contribution is 5.09. The Morgan fingerprint density at radius 3 is 2.87 bits per heavy atom. The van der Waals surface area contributed by atoms with Crippen LogP contribution < -0.4 is 5.73 Å². The van der Waals surface area contributed by atoms with Gasteiger partial charge in [0.25, 0.3) is 0 Å². The van der Waals surface area contributed by atoms with Gasteiger partial charge in [-0.2, -0.15) is 0 Å². The number of aromatic nitrogens is 2. The predicted molar refractivity (Wildman–Crippen MR) is 62.1 cm³/mol. The van der Waals surface area contributed by atoms with Crippen molar-refractivity contribution >= 4 is 0 Å². The quantitative estimate of drug-likeness (QED) is 0.589. The molecule has 1 aromatic rings. The number of imidazole rings is 1. The summed E-state index contributed by atoms with van der Waals surface area (Å²) in [5.41, 5.74) is 6.78. The van der Waals surface area contributed by atoms with E-state index < -0.39 is 0 Å². The monoisotopic (exact) mass is 205 g/mol. The Balaban J connectivity index is 2.55. The molecule has 0 aliphatic rings. The fourth-order valence-electron chi connectivity index (χ4n) is 1.54. The number of terminal acetylenes is 1. The van der Waals surface area contributed by atoms with E-state index in [1.807, 2.05) is 26.4 Å². The second kappa shape index (κ2) is 4.99. The van der Waals surface area contributed by atoms with Gasteiger partial charge in [-0.1, -0.05) is 0 Å². The van der Waals surface area contributed by atoms with Gasteiger partial charge < -0.3 is 10.3 Å². The molecule has 1 heterocycles. The van der Waals surface area contributed by atoms with Crippen molar-refractivity contribution in [2.24, 2.45) is 5.73 Å². The van der Waals surface area contributed by atoms with Crippen LogP contribution in [0.2, 0.25) is 0 Å². The summed E-state index contributed by atoms with van der Waals surface area (Å²) in [6.07, 6.45) is 11.8. The number of rotatable bonds is 5. The van der Waals surface area contributed by atoms with Gasteiger partial charge in [-0.15, -0.1) is 12.3 Å². The highest BCUT2D eigenvalue weighted by Crippen LogP contribution is 2.16. The van der Waals surface area contributed by atoms with Crippen molar-refractivity contribution in [3.8, 4) is 12.3 Å². The maximum absolute atomic E-state index is 6.04. The van der Waals surface area contributed by atoms with Gasteiger partial charge in [0.1, 0.15) is 0 Å². The average Bonchev–Trinajstić information content (AvgIpc) is 2.59. The minimum Gasteiger partial charge on any atom is -0.333 e. The van der Waals surface area contributed by atoms with Crippen LogP contribution >= 0.6 is 0 Å². The molecule has 3 heteroatoms. The SMILES string of the molecule is C#CCCCCn1cncc1C(C)(C)N. The van der Waals surface area contributed by atoms with Crippen molar-refractivity contribution in [3.05, 3.63) is 18.2 Å². The summed E-state index contributed by atoms with van der Waals surface area (Å²) in [5, 5.41) is 0. The molecule has 15 heavy (non-hydrogen) atoms. The van der Waals surface area contributed by atoms with E-state index in [0.717, 1.165) is 31.5 Å². The maximum atomic E-state index is 6.04. The third kappa shape index (κ3) is 3.41. The average molecular weight is 205 g/mol. The zero-order valence-electron chi connectivity index (χ0n) is 9.53. The third-order valence-electron chi connectivity index (χ3n) is 2.34. The van der Waals surface area contributed by atoms with Gasteiger partial charge in [-0.05, 0) is 26.7 Å². The zero-order chi connectivity index (χ0) is 11.3. The summed E-state index contributed by atoms with van der Waals surface area (Å²) >= 11 is 0. The molecule has 3 nitrogen and oxygen atoms in total. The molecule has 82 valence electrons. The van der Waals surface area contributed by atoms with Gasteiger partial charge in [0, 0.05) is 19.2 Å². The second-order valence-electron chi connectivity index (χ2n) is 4.36. The molecular formula is C12H19N3. The lowest BCUT2D eigenvalue weighted by Gasteiger charge is -2.20. The maximum Gasteiger partial charge on any atom is 0.0948 e. The Labute approximate surface area is 91.7 Å².